The predicted octanol–water partition coefficient (Wildman–Crippen LogP) is 3.04. The van der Waals surface area contributed by atoms with Gasteiger partial charge in [-0.1, -0.05) is 26.7 Å². The molecule has 1 amide bonds. The van der Waals surface area contributed by atoms with Crippen LogP contribution in [0.5, 0.6) is 0 Å². The Bertz CT molecular complexity index is 206. The van der Waals surface area contributed by atoms with Crippen molar-refractivity contribution >= 4 is 17.5 Å². The number of alkyl halides is 1. The number of hydrogen-bond acceptors (Lipinski definition) is 1. The number of hydrogen-bond donors (Lipinski definition) is 0. The molecule has 1 heterocycles. The van der Waals surface area contributed by atoms with Crippen molar-refractivity contribution in [1.82, 2.24) is 4.90 Å². The Morgan fingerprint density at radius 2 is 2.13 bits per heavy atom. The molecule has 0 bridgehead atoms. The van der Waals surface area contributed by atoms with E-state index in [1.807, 2.05) is 4.90 Å². The zero-order chi connectivity index (χ0) is 11.3. The second kappa shape index (κ2) is 6.37. The zero-order valence-corrected chi connectivity index (χ0v) is 10.6. The van der Waals surface area contributed by atoms with Gasteiger partial charge in [-0.2, -0.15) is 0 Å². The lowest BCUT2D eigenvalue weighted by atomic mass is 10.1. The van der Waals surface area contributed by atoms with E-state index in [9.17, 15) is 4.79 Å². The van der Waals surface area contributed by atoms with Gasteiger partial charge in [-0.3, -0.25) is 4.79 Å². The molecule has 15 heavy (non-hydrogen) atoms. The molecule has 0 aromatic rings. The van der Waals surface area contributed by atoms with Gasteiger partial charge in [0.15, 0.2) is 0 Å². The van der Waals surface area contributed by atoms with E-state index in [4.69, 9.17) is 11.6 Å². The molecule has 1 unspecified atom stereocenters. The summed E-state index contributed by atoms with van der Waals surface area (Å²) in [6, 6.07) is 0.278. The molecule has 1 atom stereocenters. The summed E-state index contributed by atoms with van der Waals surface area (Å²) in [6.07, 6.45) is 5.32. The average Bonchev–Trinajstić information content (AvgIpc) is 2.40. The molecule has 1 saturated heterocycles. The summed E-state index contributed by atoms with van der Waals surface area (Å²) in [6.45, 7) is 5.08. The molecule has 1 aliphatic heterocycles. The van der Waals surface area contributed by atoms with Gasteiger partial charge in [0.2, 0.25) is 5.91 Å². The minimum absolute atomic E-state index is 0.278. The van der Waals surface area contributed by atoms with Crippen LogP contribution < -0.4 is 0 Å². The van der Waals surface area contributed by atoms with Crippen LogP contribution in [0.25, 0.3) is 0 Å². The third-order valence-electron chi connectivity index (χ3n) is 2.96. The molecule has 0 saturated carbocycles. The van der Waals surface area contributed by atoms with Crippen LogP contribution in [-0.4, -0.2) is 29.3 Å². The van der Waals surface area contributed by atoms with Crippen LogP contribution >= 0.6 is 11.6 Å². The highest BCUT2D eigenvalue weighted by Gasteiger charge is 2.24. The molecule has 0 aromatic carbocycles. The van der Waals surface area contributed by atoms with Crippen molar-refractivity contribution in [2.75, 3.05) is 12.4 Å². The van der Waals surface area contributed by atoms with Gasteiger partial charge in [0.25, 0.3) is 0 Å². The topological polar surface area (TPSA) is 20.3 Å². The third kappa shape index (κ3) is 4.02. The molecule has 0 N–H and O–H groups in total. The Kier molecular flexibility index (Phi) is 5.44. The lowest BCUT2D eigenvalue weighted by Crippen LogP contribution is -2.41. The van der Waals surface area contributed by atoms with Crippen molar-refractivity contribution in [3.63, 3.8) is 0 Å². The van der Waals surface area contributed by atoms with Crippen LogP contribution in [0.3, 0.4) is 0 Å². The van der Waals surface area contributed by atoms with Gasteiger partial charge in [-0.05, 0) is 18.8 Å². The van der Waals surface area contributed by atoms with E-state index in [-0.39, 0.29) is 11.9 Å². The number of carbonyl (C=O) groups is 1. The number of halogens is 1. The Hall–Kier alpha value is -0.240. The third-order valence-corrected chi connectivity index (χ3v) is 3.31. The molecule has 2 nitrogen and oxygen atoms in total. The van der Waals surface area contributed by atoms with E-state index in [0.717, 1.165) is 19.4 Å². The first-order chi connectivity index (χ1) is 7.15. The fraction of sp³-hybridized carbons (Fsp3) is 0.917. The number of amides is 1. The van der Waals surface area contributed by atoms with Crippen LogP contribution in [-0.2, 0) is 4.79 Å². The average molecular weight is 232 g/mol. The van der Waals surface area contributed by atoms with Gasteiger partial charge in [0, 0.05) is 24.9 Å². The Balaban J connectivity index is 2.57. The van der Waals surface area contributed by atoms with Crippen LogP contribution in [0, 0.1) is 5.92 Å². The molecule has 0 spiro atoms. The monoisotopic (exact) mass is 231 g/mol. The molecule has 0 radical (unpaired) electrons. The summed E-state index contributed by atoms with van der Waals surface area (Å²) >= 11 is 5.93. The SMILES string of the molecule is CC(C)CC(=O)N1CCCCCC1CCl. The second-order valence-corrected chi connectivity index (χ2v) is 5.15. The van der Waals surface area contributed by atoms with Crippen molar-refractivity contribution < 1.29 is 4.79 Å². The summed E-state index contributed by atoms with van der Waals surface area (Å²) in [5, 5.41) is 0. The largest absolute Gasteiger partial charge is 0.339 e. The van der Waals surface area contributed by atoms with Crippen molar-refractivity contribution in [3.05, 3.63) is 0 Å². The van der Waals surface area contributed by atoms with Gasteiger partial charge in [0.05, 0.1) is 0 Å². The van der Waals surface area contributed by atoms with Gasteiger partial charge in [0.1, 0.15) is 0 Å². The highest BCUT2D eigenvalue weighted by molar-refractivity contribution is 6.18. The zero-order valence-electron chi connectivity index (χ0n) is 9.84. The van der Waals surface area contributed by atoms with Crippen molar-refractivity contribution in [2.45, 2.75) is 52.0 Å². The molecule has 88 valence electrons. The normalized spacial score (nSPS) is 22.9. The number of nitrogens with zero attached hydrogens (tertiary/aromatic N) is 1. The molecule has 1 aliphatic rings. The molecule has 1 rings (SSSR count). The standard InChI is InChI=1S/C12H22ClNO/c1-10(2)8-12(15)14-7-5-3-4-6-11(14)9-13/h10-11H,3-9H2,1-2H3. The molecule has 3 heteroatoms. The maximum absolute atomic E-state index is 12.0. The predicted molar refractivity (Wildman–Crippen MR) is 64.1 cm³/mol. The van der Waals surface area contributed by atoms with Crippen molar-refractivity contribution in [1.29, 1.82) is 0 Å². The van der Waals surface area contributed by atoms with E-state index in [0.29, 0.717) is 18.2 Å². The number of likely N-dealkylation sites (tertiary alicyclic amines) is 1. The maximum atomic E-state index is 12.0. The lowest BCUT2D eigenvalue weighted by Gasteiger charge is -2.29. The molecule has 0 aliphatic carbocycles. The number of carbonyl (C=O) groups excluding carboxylic acids is 1. The summed E-state index contributed by atoms with van der Waals surface area (Å²) in [5.74, 6) is 1.32. The summed E-state index contributed by atoms with van der Waals surface area (Å²) in [4.78, 5) is 14.0. The fourth-order valence-electron chi connectivity index (χ4n) is 2.13. The smallest absolute Gasteiger partial charge is 0.223 e. The summed E-state index contributed by atoms with van der Waals surface area (Å²) in [5.41, 5.74) is 0. The molecule has 0 aromatic heterocycles. The quantitative estimate of drug-likeness (QED) is 0.684. The maximum Gasteiger partial charge on any atom is 0.223 e. The Morgan fingerprint density at radius 1 is 1.40 bits per heavy atom. The van der Waals surface area contributed by atoms with Crippen molar-refractivity contribution in [2.24, 2.45) is 5.92 Å². The minimum Gasteiger partial charge on any atom is -0.339 e. The van der Waals surface area contributed by atoms with E-state index < -0.39 is 0 Å². The van der Waals surface area contributed by atoms with Gasteiger partial charge in [-0.25, -0.2) is 0 Å². The second-order valence-electron chi connectivity index (χ2n) is 4.84. The molecule has 1 fully saturated rings. The highest BCUT2D eigenvalue weighted by Crippen LogP contribution is 2.19. The fourth-order valence-corrected chi connectivity index (χ4v) is 2.45. The summed E-state index contributed by atoms with van der Waals surface area (Å²) in [7, 11) is 0. The van der Waals surface area contributed by atoms with E-state index in [2.05, 4.69) is 13.8 Å². The summed E-state index contributed by atoms with van der Waals surface area (Å²) < 4.78 is 0. The van der Waals surface area contributed by atoms with E-state index >= 15 is 0 Å². The molecular weight excluding hydrogens is 210 g/mol. The molecular formula is C12H22ClNO. The minimum atomic E-state index is 0.278. The first-order valence-electron chi connectivity index (χ1n) is 6.00. The van der Waals surface area contributed by atoms with Crippen molar-refractivity contribution in [3.8, 4) is 0 Å². The van der Waals surface area contributed by atoms with Gasteiger partial charge in [-0.15, -0.1) is 11.6 Å². The van der Waals surface area contributed by atoms with Crippen LogP contribution in [0.15, 0.2) is 0 Å². The first-order valence-corrected chi connectivity index (χ1v) is 6.54. The van der Waals surface area contributed by atoms with E-state index in [1.54, 1.807) is 0 Å². The van der Waals surface area contributed by atoms with Crippen LogP contribution in [0.4, 0.5) is 0 Å². The van der Waals surface area contributed by atoms with Crippen LogP contribution in [0.2, 0.25) is 0 Å². The highest BCUT2D eigenvalue weighted by atomic mass is 35.5. The van der Waals surface area contributed by atoms with E-state index in [1.165, 1.54) is 12.8 Å². The Morgan fingerprint density at radius 3 is 2.73 bits per heavy atom. The van der Waals surface area contributed by atoms with Gasteiger partial charge >= 0.3 is 0 Å². The first kappa shape index (κ1) is 12.8. The van der Waals surface area contributed by atoms with Crippen LogP contribution in [0.1, 0.15) is 46.0 Å². The Labute approximate surface area is 98.0 Å². The number of rotatable bonds is 3. The lowest BCUT2D eigenvalue weighted by molar-refractivity contribution is -0.133. The van der Waals surface area contributed by atoms with Gasteiger partial charge < -0.3 is 4.90 Å².